The number of hydrogen-bond acceptors (Lipinski definition) is 2. The number of anilines is 1. The normalized spacial score (nSPS) is 20.3. The maximum Gasteiger partial charge on any atom is 0.0405 e. The monoisotopic (exact) mass is 286 g/mol. The Labute approximate surface area is 129 Å². The van der Waals surface area contributed by atoms with E-state index in [1.54, 1.807) is 5.56 Å². The molecular weight excluding hydrogens is 256 g/mol. The molecule has 3 rings (SSSR count). The van der Waals surface area contributed by atoms with Crippen molar-refractivity contribution in [3.8, 4) is 0 Å². The molecular formula is C19H30N2. The molecule has 1 aromatic carbocycles. The zero-order chi connectivity index (χ0) is 14.9. The van der Waals surface area contributed by atoms with Gasteiger partial charge in [-0.05, 0) is 55.5 Å². The average Bonchev–Trinajstić information content (AvgIpc) is 2.79. The Morgan fingerprint density at radius 2 is 2.00 bits per heavy atom. The van der Waals surface area contributed by atoms with Gasteiger partial charge in [0.05, 0.1) is 0 Å². The fourth-order valence-electron chi connectivity index (χ4n) is 4.03. The van der Waals surface area contributed by atoms with Crippen LogP contribution < -0.4 is 10.2 Å². The highest BCUT2D eigenvalue weighted by molar-refractivity contribution is 5.64. The van der Waals surface area contributed by atoms with Gasteiger partial charge in [-0.25, -0.2) is 0 Å². The maximum atomic E-state index is 3.54. The maximum absolute atomic E-state index is 3.54. The van der Waals surface area contributed by atoms with Gasteiger partial charge in [0.25, 0.3) is 0 Å². The van der Waals surface area contributed by atoms with Gasteiger partial charge in [-0.2, -0.15) is 0 Å². The highest BCUT2D eigenvalue weighted by atomic mass is 15.2. The second kappa shape index (κ2) is 6.00. The molecule has 2 heteroatoms. The lowest BCUT2D eigenvalue weighted by Gasteiger charge is -2.35. The van der Waals surface area contributed by atoms with Crippen molar-refractivity contribution in [3.63, 3.8) is 0 Å². The van der Waals surface area contributed by atoms with Crippen molar-refractivity contribution in [2.24, 2.45) is 0 Å². The Hall–Kier alpha value is -1.02. The van der Waals surface area contributed by atoms with Crippen LogP contribution in [0.3, 0.4) is 0 Å². The van der Waals surface area contributed by atoms with Crippen LogP contribution in [0.25, 0.3) is 0 Å². The largest absolute Gasteiger partial charge is 0.370 e. The second-order valence-electron chi connectivity index (χ2n) is 7.24. The van der Waals surface area contributed by atoms with E-state index in [4.69, 9.17) is 0 Å². The third-order valence-corrected chi connectivity index (χ3v) is 5.44. The summed E-state index contributed by atoms with van der Waals surface area (Å²) < 4.78 is 0. The highest BCUT2D eigenvalue weighted by Gasteiger charge is 2.43. The van der Waals surface area contributed by atoms with Gasteiger partial charge in [0.15, 0.2) is 0 Å². The molecule has 2 heterocycles. The predicted molar refractivity (Wildman–Crippen MR) is 91.4 cm³/mol. The van der Waals surface area contributed by atoms with E-state index < -0.39 is 0 Å². The SMILES string of the molecule is CCCCN1CC2(CCNCC2)c2cc(C(C)C)ccc21. The topological polar surface area (TPSA) is 15.3 Å². The summed E-state index contributed by atoms with van der Waals surface area (Å²) in [6.45, 7) is 11.7. The molecule has 0 aliphatic carbocycles. The van der Waals surface area contributed by atoms with Gasteiger partial charge in [-0.15, -0.1) is 0 Å². The van der Waals surface area contributed by atoms with Crippen LogP contribution in [0.1, 0.15) is 63.5 Å². The van der Waals surface area contributed by atoms with Gasteiger partial charge in [-0.1, -0.05) is 39.3 Å². The Morgan fingerprint density at radius 3 is 2.67 bits per heavy atom. The summed E-state index contributed by atoms with van der Waals surface area (Å²) in [4.78, 5) is 2.66. The summed E-state index contributed by atoms with van der Waals surface area (Å²) in [6, 6.07) is 7.27. The van der Waals surface area contributed by atoms with E-state index in [-0.39, 0.29) is 0 Å². The van der Waals surface area contributed by atoms with E-state index in [2.05, 4.69) is 49.2 Å². The molecule has 0 saturated carbocycles. The summed E-state index contributed by atoms with van der Waals surface area (Å²) in [5, 5.41) is 3.54. The minimum Gasteiger partial charge on any atom is -0.370 e. The highest BCUT2D eigenvalue weighted by Crippen LogP contribution is 2.47. The number of nitrogens with zero attached hydrogens (tertiary/aromatic N) is 1. The average molecular weight is 286 g/mol. The molecule has 1 saturated heterocycles. The number of hydrogen-bond donors (Lipinski definition) is 1. The van der Waals surface area contributed by atoms with Gasteiger partial charge >= 0.3 is 0 Å². The first kappa shape index (κ1) is 14.9. The molecule has 2 nitrogen and oxygen atoms in total. The van der Waals surface area contributed by atoms with Crippen LogP contribution in [0.15, 0.2) is 18.2 Å². The molecule has 1 N–H and O–H groups in total. The predicted octanol–water partition coefficient (Wildman–Crippen LogP) is 4.05. The van der Waals surface area contributed by atoms with Crippen molar-refractivity contribution < 1.29 is 0 Å². The van der Waals surface area contributed by atoms with E-state index in [0.29, 0.717) is 11.3 Å². The minimum absolute atomic E-state index is 0.416. The van der Waals surface area contributed by atoms with Gasteiger partial charge in [0.2, 0.25) is 0 Å². The lowest BCUT2D eigenvalue weighted by Crippen LogP contribution is -2.43. The van der Waals surface area contributed by atoms with E-state index in [1.165, 1.54) is 63.1 Å². The van der Waals surface area contributed by atoms with Crippen molar-refractivity contribution in [2.75, 3.05) is 31.1 Å². The van der Waals surface area contributed by atoms with Crippen LogP contribution in [0, 0.1) is 0 Å². The third kappa shape index (κ3) is 2.70. The number of rotatable bonds is 4. The molecule has 1 spiro atoms. The molecule has 2 aliphatic rings. The number of nitrogens with one attached hydrogen (secondary N) is 1. The quantitative estimate of drug-likeness (QED) is 0.898. The van der Waals surface area contributed by atoms with Crippen LogP contribution in [0.4, 0.5) is 5.69 Å². The first-order valence-corrected chi connectivity index (χ1v) is 8.76. The van der Waals surface area contributed by atoms with Gasteiger partial charge in [0, 0.05) is 24.2 Å². The number of benzene rings is 1. The van der Waals surface area contributed by atoms with Gasteiger partial charge in [0.1, 0.15) is 0 Å². The molecule has 0 aromatic heterocycles. The van der Waals surface area contributed by atoms with Crippen molar-refractivity contribution in [1.29, 1.82) is 0 Å². The van der Waals surface area contributed by atoms with Crippen LogP contribution in [0.2, 0.25) is 0 Å². The van der Waals surface area contributed by atoms with E-state index in [0.717, 1.165) is 0 Å². The van der Waals surface area contributed by atoms with E-state index >= 15 is 0 Å². The van der Waals surface area contributed by atoms with Gasteiger partial charge < -0.3 is 10.2 Å². The Kier molecular flexibility index (Phi) is 4.26. The molecule has 1 aromatic rings. The smallest absolute Gasteiger partial charge is 0.0405 e. The van der Waals surface area contributed by atoms with Crippen molar-refractivity contribution in [2.45, 2.75) is 57.8 Å². The van der Waals surface area contributed by atoms with Crippen molar-refractivity contribution in [3.05, 3.63) is 29.3 Å². The first-order chi connectivity index (χ1) is 10.2. The number of piperidine rings is 1. The minimum atomic E-state index is 0.416. The van der Waals surface area contributed by atoms with Crippen LogP contribution in [-0.2, 0) is 5.41 Å². The molecule has 2 aliphatic heterocycles. The van der Waals surface area contributed by atoms with Gasteiger partial charge in [-0.3, -0.25) is 0 Å². The summed E-state index contributed by atoms with van der Waals surface area (Å²) in [5.41, 5.74) is 5.09. The zero-order valence-corrected chi connectivity index (χ0v) is 13.9. The number of unbranched alkanes of at least 4 members (excludes halogenated alkanes) is 1. The summed E-state index contributed by atoms with van der Waals surface area (Å²) in [6.07, 6.45) is 5.18. The fraction of sp³-hybridized carbons (Fsp3) is 0.684. The summed E-state index contributed by atoms with van der Waals surface area (Å²) >= 11 is 0. The molecule has 0 unspecified atom stereocenters. The Morgan fingerprint density at radius 1 is 1.24 bits per heavy atom. The summed E-state index contributed by atoms with van der Waals surface area (Å²) in [7, 11) is 0. The van der Waals surface area contributed by atoms with Crippen LogP contribution >= 0.6 is 0 Å². The molecule has 116 valence electrons. The van der Waals surface area contributed by atoms with E-state index in [9.17, 15) is 0 Å². The molecule has 21 heavy (non-hydrogen) atoms. The lowest BCUT2D eigenvalue weighted by atomic mass is 9.74. The number of fused-ring (bicyclic) bond motifs is 2. The van der Waals surface area contributed by atoms with Crippen LogP contribution in [-0.4, -0.2) is 26.2 Å². The Bertz CT molecular complexity index is 486. The molecule has 0 amide bonds. The zero-order valence-electron chi connectivity index (χ0n) is 13.9. The Balaban J connectivity index is 1.97. The molecule has 0 bridgehead atoms. The molecule has 0 radical (unpaired) electrons. The first-order valence-electron chi connectivity index (χ1n) is 8.76. The third-order valence-electron chi connectivity index (χ3n) is 5.44. The fourth-order valence-corrected chi connectivity index (χ4v) is 4.03. The van der Waals surface area contributed by atoms with Crippen LogP contribution in [0.5, 0.6) is 0 Å². The standard InChI is InChI=1S/C19H30N2/c1-4-5-12-21-14-19(8-10-20-11-9-19)17-13-16(15(2)3)6-7-18(17)21/h6-7,13,15,20H,4-5,8-12,14H2,1-3H3. The van der Waals surface area contributed by atoms with Crippen molar-refractivity contribution >= 4 is 5.69 Å². The van der Waals surface area contributed by atoms with E-state index in [1.807, 2.05) is 0 Å². The van der Waals surface area contributed by atoms with Crippen molar-refractivity contribution in [1.82, 2.24) is 5.32 Å². The lowest BCUT2D eigenvalue weighted by molar-refractivity contribution is 0.325. The molecule has 0 atom stereocenters. The molecule has 1 fully saturated rings. The second-order valence-corrected chi connectivity index (χ2v) is 7.24. The summed E-state index contributed by atoms with van der Waals surface area (Å²) in [5.74, 6) is 0.624.